The Labute approximate surface area is 130 Å². The Morgan fingerprint density at radius 3 is 2.95 bits per heavy atom. The molecule has 0 spiro atoms. The van der Waals surface area contributed by atoms with Crippen LogP contribution in [0.25, 0.3) is 0 Å². The lowest BCUT2D eigenvalue weighted by Gasteiger charge is -2.28. The van der Waals surface area contributed by atoms with Crippen molar-refractivity contribution in [1.82, 2.24) is 15.5 Å². The van der Waals surface area contributed by atoms with E-state index in [1.165, 1.54) is 18.4 Å². The fraction of sp³-hybridized carbons (Fsp3) is 0.750. The van der Waals surface area contributed by atoms with Crippen LogP contribution >= 0.6 is 11.3 Å². The molecule has 0 bridgehead atoms. The van der Waals surface area contributed by atoms with Crippen molar-refractivity contribution in [3.8, 4) is 5.19 Å². The summed E-state index contributed by atoms with van der Waals surface area (Å²) < 4.78 is 16.8. The molecule has 1 saturated carbocycles. The van der Waals surface area contributed by atoms with Crippen LogP contribution in [0, 0.1) is 0 Å². The van der Waals surface area contributed by atoms with Crippen LogP contribution in [0.2, 0.25) is 0 Å². The van der Waals surface area contributed by atoms with Gasteiger partial charge in [-0.2, -0.15) is 0 Å². The van der Waals surface area contributed by atoms with E-state index in [0.29, 0.717) is 16.1 Å². The minimum absolute atomic E-state index is 0.0640. The van der Waals surface area contributed by atoms with Gasteiger partial charge in [-0.05, 0) is 30.6 Å². The summed E-state index contributed by atoms with van der Waals surface area (Å²) in [6.45, 7) is 1.93. The van der Waals surface area contributed by atoms with Crippen molar-refractivity contribution in [2.75, 3.05) is 18.2 Å². The summed E-state index contributed by atoms with van der Waals surface area (Å²) in [5.41, 5.74) is 0. The van der Waals surface area contributed by atoms with Crippen LogP contribution in [0.3, 0.4) is 0 Å². The smallest absolute Gasteiger partial charge is 0.321 e. The first kappa shape index (κ1) is 16.2. The molecule has 1 aromatic rings. The normalized spacial score (nSPS) is 23.3. The quantitative estimate of drug-likeness (QED) is 0.857. The Morgan fingerprint density at radius 2 is 2.29 bits per heavy atom. The molecule has 0 aromatic carbocycles. The Morgan fingerprint density at radius 1 is 1.48 bits per heavy atom. The highest BCUT2D eigenvalue weighted by atomic mass is 32.2. The summed E-state index contributed by atoms with van der Waals surface area (Å²) >= 11 is 1.17. The van der Waals surface area contributed by atoms with E-state index in [1.54, 1.807) is 0 Å². The van der Waals surface area contributed by atoms with Crippen LogP contribution in [0.4, 0.5) is 9.93 Å². The zero-order valence-corrected chi connectivity index (χ0v) is 13.8. The van der Waals surface area contributed by atoms with Gasteiger partial charge in [-0.25, -0.2) is 4.79 Å². The molecule has 0 unspecified atom stereocenters. The number of nitrogens with one attached hydrogen (secondary N) is 2. The zero-order valence-electron chi connectivity index (χ0n) is 12.1. The lowest BCUT2D eigenvalue weighted by molar-refractivity contribution is 0.244. The molecule has 0 saturated heterocycles. The predicted molar refractivity (Wildman–Crippen MR) is 83.3 cm³/mol. The van der Waals surface area contributed by atoms with Gasteiger partial charge in [0.15, 0.2) is 0 Å². The van der Waals surface area contributed by atoms with Crippen molar-refractivity contribution < 1.29 is 13.7 Å². The summed E-state index contributed by atoms with van der Waals surface area (Å²) in [5.74, 6) is 0.675. The van der Waals surface area contributed by atoms with E-state index in [0.717, 1.165) is 25.7 Å². The fourth-order valence-electron chi connectivity index (χ4n) is 2.41. The highest BCUT2D eigenvalue weighted by molar-refractivity contribution is 7.85. The van der Waals surface area contributed by atoms with Crippen LogP contribution in [-0.4, -0.2) is 44.6 Å². The van der Waals surface area contributed by atoms with Gasteiger partial charge >= 0.3 is 6.03 Å². The molecular weight excluding hydrogens is 312 g/mol. The van der Waals surface area contributed by atoms with Crippen molar-refractivity contribution in [2.24, 2.45) is 0 Å². The molecular formula is C12H20N4O3S2. The van der Waals surface area contributed by atoms with Crippen molar-refractivity contribution in [3.05, 3.63) is 0 Å². The number of hydrogen-bond donors (Lipinski definition) is 2. The van der Waals surface area contributed by atoms with Crippen molar-refractivity contribution in [2.45, 2.75) is 43.9 Å². The molecule has 3 atom stereocenters. The molecule has 2 rings (SSSR count). The molecule has 2 amide bonds. The second-order valence-electron chi connectivity index (χ2n) is 4.83. The zero-order chi connectivity index (χ0) is 15.2. The Hall–Kier alpha value is -1.22. The summed E-state index contributed by atoms with van der Waals surface area (Å²) in [6.07, 6.45) is 3.67. The van der Waals surface area contributed by atoms with Crippen molar-refractivity contribution >= 4 is 33.3 Å². The van der Waals surface area contributed by atoms with Crippen molar-refractivity contribution in [3.63, 3.8) is 0 Å². The second-order valence-corrected chi connectivity index (χ2v) is 7.78. The van der Waals surface area contributed by atoms with Gasteiger partial charge in [0.1, 0.15) is 0 Å². The minimum atomic E-state index is -0.793. The average molecular weight is 332 g/mol. The van der Waals surface area contributed by atoms with Gasteiger partial charge in [0.05, 0.1) is 7.11 Å². The number of rotatable bonds is 5. The van der Waals surface area contributed by atoms with Gasteiger partial charge in [-0.15, -0.1) is 5.10 Å². The minimum Gasteiger partial charge on any atom is -0.472 e. The molecule has 7 nitrogen and oxygen atoms in total. The number of aromatic nitrogens is 2. The van der Waals surface area contributed by atoms with Crippen LogP contribution in [0.1, 0.15) is 32.6 Å². The van der Waals surface area contributed by atoms with Crippen LogP contribution in [0.15, 0.2) is 0 Å². The standard InChI is InChI=1S/C12H20N4O3S2/c1-3-21(18)9-6-4-5-8(7-9)13-10(17)14-11-15-16-12(19-2)20-11/h8-9H,3-7H2,1-2H3,(H2,13,14,15,17)/t8-,9-,21+/m1/s1. The number of carbonyl (C=O) groups is 1. The van der Waals surface area contributed by atoms with E-state index in [4.69, 9.17) is 4.74 Å². The van der Waals surface area contributed by atoms with Crippen LogP contribution in [-0.2, 0) is 10.8 Å². The molecule has 1 heterocycles. The van der Waals surface area contributed by atoms with Gasteiger partial charge in [-0.1, -0.05) is 18.4 Å². The SMILES string of the molecule is CC[S@](=O)[C@@H]1CCC[C@@H](NC(=O)Nc2nnc(OC)s2)C1. The molecule has 1 aliphatic rings. The number of carbonyl (C=O) groups excluding carboxylic acids is 1. The summed E-state index contributed by atoms with van der Waals surface area (Å²) in [7, 11) is 0.707. The third kappa shape index (κ3) is 4.63. The molecule has 0 radical (unpaired) electrons. The number of anilines is 1. The van der Waals surface area contributed by atoms with E-state index >= 15 is 0 Å². The van der Waals surface area contributed by atoms with Gasteiger partial charge in [0.2, 0.25) is 5.13 Å². The predicted octanol–water partition coefficient (Wildman–Crippen LogP) is 1.75. The molecule has 118 valence electrons. The lowest BCUT2D eigenvalue weighted by atomic mass is 9.95. The fourth-order valence-corrected chi connectivity index (χ4v) is 4.32. The molecule has 21 heavy (non-hydrogen) atoms. The molecule has 2 N–H and O–H groups in total. The van der Waals surface area contributed by atoms with Gasteiger partial charge in [0.25, 0.3) is 5.19 Å². The lowest BCUT2D eigenvalue weighted by Crippen LogP contribution is -2.42. The van der Waals surface area contributed by atoms with Gasteiger partial charge in [-0.3, -0.25) is 9.53 Å². The molecule has 0 aliphatic heterocycles. The molecule has 1 fully saturated rings. The maximum atomic E-state index is 11.9. The van der Waals surface area contributed by atoms with Crippen molar-refractivity contribution in [1.29, 1.82) is 0 Å². The Bertz CT molecular complexity index is 508. The first-order chi connectivity index (χ1) is 10.1. The first-order valence-corrected chi connectivity index (χ1v) is 9.14. The molecule has 1 aliphatic carbocycles. The van der Waals surface area contributed by atoms with Crippen LogP contribution in [0.5, 0.6) is 5.19 Å². The largest absolute Gasteiger partial charge is 0.472 e. The number of ether oxygens (including phenoxy) is 1. The van der Waals surface area contributed by atoms with E-state index in [2.05, 4.69) is 20.8 Å². The third-order valence-corrected chi connectivity index (χ3v) is 5.96. The summed E-state index contributed by atoms with van der Waals surface area (Å²) in [5, 5.41) is 14.1. The maximum absolute atomic E-state index is 11.9. The van der Waals surface area contributed by atoms with E-state index in [1.807, 2.05) is 6.92 Å². The summed E-state index contributed by atoms with van der Waals surface area (Å²) in [6, 6.07) is -0.240. The highest BCUT2D eigenvalue weighted by Crippen LogP contribution is 2.24. The monoisotopic (exact) mass is 332 g/mol. The average Bonchev–Trinajstić information content (AvgIpc) is 2.94. The number of urea groups is 1. The number of methoxy groups -OCH3 is 1. The second kappa shape index (κ2) is 7.69. The number of nitrogens with zero attached hydrogens (tertiary/aromatic N) is 2. The number of hydrogen-bond acceptors (Lipinski definition) is 6. The number of amides is 2. The Kier molecular flexibility index (Phi) is 5.92. The van der Waals surface area contributed by atoms with E-state index < -0.39 is 10.8 Å². The Balaban J connectivity index is 1.83. The van der Waals surface area contributed by atoms with E-state index in [-0.39, 0.29) is 17.3 Å². The molecule has 9 heteroatoms. The molecule has 1 aromatic heterocycles. The van der Waals surface area contributed by atoms with E-state index in [9.17, 15) is 9.00 Å². The topological polar surface area (TPSA) is 93.2 Å². The first-order valence-electron chi connectivity index (χ1n) is 6.94. The summed E-state index contributed by atoms with van der Waals surface area (Å²) in [4.78, 5) is 11.9. The van der Waals surface area contributed by atoms with Gasteiger partial charge < -0.3 is 10.1 Å². The van der Waals surface area contributed by atoms with Crippen LogP contribution < -0.4 is 15.4 Å². The van der Waals surface area contributed by atoms with Gasteiger partial charge in [0, 0.05) is 27.8 Å². The highest BCUT2D eigenvalue weighted by Gasteiger charge is 2.26. The third-order valence-electron chi connectivity index (χ3n) is 3.42. The maximum Gasteiger partial charge on any atom is 0.321 e.